The fourth-order valence-corrected chi connectivity index (χ4v) is 11.7. The Labute approximate surface area is 420 Å². The van der Waals surface area contributed by atoms with Gasteiger partial charge in [0.15, 0.2) is 0 Å². The van der Waals surface area contributed by atoms with Crippen molar-refractivity contribution in [2.45, 2.75) is 166 Å². The summed E-state index contributed by atoms with van der Waals surface area (Å²) < 4.78 is 41.9. The Balaban J connectivity index is 1.27. The number of methoxy groups -OCH3 is 3. The number of cyclic esters (lactones) is 1. The van der Waals surface area contributed by atoms with E-state index in [0.717, 1.165) is 18.7 Å². The summed E-state index contributed by atoms with van der Waals surface area (Å²) in [7, 11) is 4.62. The van der Waals surface area contributed by atoms with Crippen LogP contribution in [-0.2, 0) is 52.3 Å². The number of aliphatic hydroxyl groups excluding tert-OH is 2. The molecule has 0 spiro atoms. The number of amides is 2. The molecule has 6 aliphatic rings. The molecule has 400 valence electrons. The largest absolute Gasteiger partial charge is 0.456 e. The number of carbonyl (C=O) groups is 5. The van der Waals surface area contributed by atoms with Crippen LogP contribution >= 0.6 is 0 Å². The second kappa shape index (κ2) is 26.1. The topological polar surface area (TPSA) is 220 Å². The van der Waals surface area contributed by atoms with Gasteiger partial charge in [0, 0.05) is 84.3 Å². The van der Waals surface area contributed by atoms with E-state index < -0.39 is 90.0 Å². The number of esters is 1. The molecule has 2 amide bonds. The van der Waals surface area contributed by atoms with Crippen LogP contribution in [-0.4, -0.2) is 194 Å². The number of piperidine rings is 1. The number of allylic oxidation sites excluding steroid dienone is 4. The SMILES string of the molecule is CO[C@H]1C[C@@H](C)C/C(C)=C/[C@@H](C/C=C/CO)C(=O)C[C@H](O)[C@@H](C)[C@@H](/C(C)=C/[C@@H]2CC[C@@H](OC(=O)N3CC(N4CCOCC4)C3)[C@H](OC)C2)OC(=O)[C@@H]2CCCCN2C(=O)C(=O)[C@]2(O)O[C@H]1[C@@H](OC)C[C@H]2C. The Hall–Kier alpha value is -3.59. The normalized spacial score (nSPS) is 38.2. The molecule has 0 aromatic carbocycles. The predicted octanol–water partition coefficient (Wildman–Crippen LogP) is 4.16. The standard InChI is InChI=1S/C53H83N3O15/c1-32-23-33(2)25-45(66-7)48-46(67-8)27-35(4)53(64,71-48)49(60)50(61)56-17-11-9-14-40(56)51(62)70-47(36(5)41(58)29-42(59)38(24-32)13-10-12-20-57)34(3)26-37-15-16-43(44(28-37)65-6)69-52(63)55-30-39(31-55)54-18-21-68-22-19-54/h10,12,24,26,33,35-41,43-48,57-58,64H,9,11,13-23,25,27-31H2,1-8H3/b12-10+,32-24+,34-26+/t33-,35+,36+,37-,38+,40-,41-,43+,44+,45-,46-,47+,48+,53+/m0/s1. The minimum Gasteiger partial charge on any atom is -0.456 e. The van der Waals surface area contributed by atoms with E-state index >= 15 is 0 Å². The molecule has 0 radical (unpaired) electrons. The van der Waals surface area contributed by atoms with Crippen molar-refractivity contribution < 1.29 is 72.5 Å². The number of nitrogens with zero attached hydrogens (tertiary/aromatic N) is 3. The quantitative estimate of drug-likeness (QED) is 0.159. The van der Waals surface area contributed by atoms with Crippen molar-refractivity contribution in [2.24, 2.45) is 29.6 Å². The molecular weight excluding hydrogens is 919 g/mol. The maximum Gasteiger partial charge on any atom is 0.410 e. The summed E-state index contributed by atoms with van der Waals surface area (Å²) in [6.07, 6.45) is 5.53. The zero-order chi connectivity index (χ0) is 51.6. The summed E-state index contributed by atoms with van der Waals surface area (Å²) in [5, 5.41) is 33.7. The molecular formula is C53H83N3O15. The van der Waals surface area contributed by atoms with Gasteiger partial charge < -0.3 is 58.3 Å². The number of likely N-dealkylation sites (tertiary alicyclic amines) is 1. The van der Waals surface area contributed by atoms with E-state index in [1.54, 1.807) is 38.0 Å². The lowest BCUT2D eigenvalue weighted by Gasteiger charge is -2.47. The number of rotatable bonds is 10. The van der Waals surface area contributed by atoms with E-state index in [1.165, 1.54) is 19.1 Å². The third-order valence-corrected chi connectivity index (χ3v) is 16.0. The highest BCUT2D eigenvalue weighted by molar-refractivity contribution is 6.39. The summed E-state index contributed by atoms with van der Waals surface area (Å²) >= 11 is 0. The first kappa shape index (κ1) is 56.7. The number of ketones is 2. The summed E-state index contributed by atoms with van der Waals surface area (Å²) in [4.78, 5) is 76.2. The van der Waals surface area contributed by atoms with Gasteiger partial charge in [0.2, 0.25) is 5.79 Å². The van der Waals surface area contributed by atoms with Gasteiger partial charge in [-0.3, -0.25) is 19.3 Å². The van der Waals surface area contributed by atoms with Crippen molar-refractivity contribution in [3.8, 4) is 0 Å². The molecule has 18 nitrogen and oxygen atoms in total. The van der Waals surface area contributed by atoms with Gasteiger partial charge in [-0.25, -0.2) is 9.59 Å². The number of hydrogen-bond donors (Lipinski definition) is 3. The Kier molecular flexibility index (Phi) is 20.8. The summed E-state index contributed by atoms with van der Waals surface area (Å²) in [5.41, 5.74) is 1.53. The lowest BCUT2D eigenvalue weighted by molar-refractivity contribution is -0.302. The summed E-state index contributed by atoms with van der Waals surface area (Å²) in [6.45, 7) is 13.3. The molecule has 1 saturated carbocycles. The van der Waals surface area contributed by atoms with E-state index in [2.05, 4.69) is 4.90 Å². The molecule has 5 fully saturated rings. The number of aliphatic hydroxyl groups is 3. The van der Waals surface area contributed by atoms with Crippen molar-refractivity contribution >= 4 is 29.5 Å². The first-order valence-electron chi connectivity index (χ1n) is 26.1. The maximum atomic E-state index is 14.6. The van der Waals surface area contributed by atoms with Crippen molar-refractivity contribution in [2.75, 3.05) is 73.9 Å². The van der Waals surface area contributed by atoms with Gasteiger partial charge in [0.05, 0.1) is 44.2 Å². The molecule has 4 saturated heterocycles. The summed E-state index contributed by atoms with van der Waals surface area (Å²) in [6, 6.07) is -0.902. The number of Topliss-reactive ketones (excluding diaryl/α,β-unsaturated/α-hetero) is 2. The van der Waals surface area contributed by atoms with Crippen LogP contribution in [0.4, 0.5) is 4.79 Å². The number of carbonyl (C=O) groups excluding carboxylic acids is 5. The minimum absolute atomic E-state index is 0.0400. The predicted molar refractivity (Wildman–Crippen MR) is 261 cm³/mol. The van der Waals surface area contributed by atoms with Crippen molar-refractivity contribution in [3.63, 3.8) is 0 Å². The van der Waals surface area contributed by atoms with Crippen LogP contribution in [0.5, 0.6) is 0 Å². The molecule has 71 heavy (non-hydrogen) atoms. The number of ether oxygens (including phenoxy) is 7. The molecule has 14 atom stereocenters. The Morgan fingerprint density at radius 2 is 1.56 bits per heavy atom. The van der Waals surface area contributed by atoms with Gasteiger partial charge in [-0.15, -0.1) is 0 Å². The number of morpholine rings is 1. The van der Waals surface area contributed by atoms with Gasteiger partial charge in [-0.05, 0) is 95.5 Å². The van der Waals surface area contributed by atoms with Gasteiger partial charge >= 0.3 is 12.1 Å². The third-order valence-electron chi connectivity index (χ3n) is 16.0. The minimum atomic E-state index is -2.55. The van der Waals surface area contributed by atoms with Gasteiger partial charge in [-0.2, -0.15) is 0 Å². The monoisotopic (exact) mass is 1000 g/mol. The molecule has 2 bridgehead atoms. The van der Waals surface area contributed by atoms with E-state index in [4.69, 9.17) is 33.2 Å². The highest BCUT2D eigenvalue weighted by atomic mass is 16.7. The van der Waals surface area contributed by atoms with E-state index in [9.17, 15) is 39.3 Å². The Morgan fingerprint density at radius 1 is 0.873 bits per heavy atom. The van der Waals surface area contributed by atoms with Crippen LogP contribution in [0.15, 0.2) is 35.5 Å². The third kappa shape index (κ3) is 14.0. The van der Waals surface area contributed by atoms with Crippen molar-refractivity contribution in [1.82, 2.24) is 14.7 Å². The van der Waals surface area contributed by atoms with Crippen LogP contribution in [0.25, 0.3) is 0 Å². The number of hydrogen-bond acceptors (Lipinski definition) is 16. The molecule has 6 rings (SSSR count). The smallest absolute Gasteiger partial charge is 0.410 e. The molecule has 0 unspecified atom stereocenters. The molecule has 3 N–H and O–H groups in total. The molecule has 5 aliphatic heterocycles. The van der Waals surface area contributed by atoms with E-state index in [-0.39, 0.29) is 68.6 Å². The average Bonchev–Trinajstić information content (AvgIpc) is 3.34. The number of fused-ring (bicyclic) bond motifs is 3. The van der Waals surface area contributed by atoms with Crippen LogP contribution in [0, 0.1) is 29.6 Å². The molecule has 5 heterocycles. The fraction of sp³-hybridized carbons (Fsp3) is 0.792. The molecule has 1 aliphatic carbocycles. The average molecular weight is 1000 g/mol. The summed E-state index contributed by atoms with van der Waals surface area (Å²) in [5.74, 6) is -8.27. The van der Waals surface area contributed by atoms with E-state index in [0.29, 0.717) is 76.8 Å². The van der Waals surface area contributed by atoms with Crippen LogP contribution in [0.2, 0.25) is 0 Å². The maximum absolute atomic E-state index is 14.6. The Bertz CT molecular complexity index is 1920. The first-order valence-corrected chi connectivity index (χ1v) is 26.1. The van der Waals surface area contributed by atoms with E-state index in [1.807, 2.05) is 32.9 Å². The van der Waals surface area contributed by atoms with Gasteiger partial charge in [0.25, 0.3) is 11.7 Å². The highest BCUT2D eigenvalue weighted by Gasteiger charge is 2.57. The fourth-order valence-electron chi connectivity index (χ4n) is 11.7. The van der Waals surface area contributed by atoms with Crippen molar-refractivity contribution in [3.05, 3.63) is 35.5 Å². The molecule has 0 aromatic rings. The van der Waals surface area contributed by atoms with Gasteiger partial charge in [-0.1, -0.05) is 50.6 Å². The van der Waals surface area contributed by atoms with Crippen LogP contribution < -0.4 is 0 Å². The van der Waals surface area contributed by atoms with Gasteiger partial charge in [0.1, 0.15) is 30.1 Å². The highest BCUT2D eigenvalue weighted by Crippen LogP contribution is 2.40. The molecule has 18 heteroatoms. The second-order valence-electron chi connectivity index (χ2n) is 21.2. The van der Waals surface area contributed by atoms with Crippen LogP contribution in [0.1, 0.15) is 105 Å². The zero-order valence-corrected chi connectivity index (χ0v) is 43.4. The van der Waals surface area contributed by atoms with Crippen molar-refractivity contribution in [1.29, 1.82) is 0 Å². The lowest BCUT2D eigenvalue weighted by Crippen LogP contribution is -2.64. The molecule has 0 aromatic heterocycles. The first-order chi connectivity index (χ1) is 33.9. The zero-order valence-electron chi connectivity index (χ0n) is 43.4. The van der Waals surface area contributed by atoms with Crippen LogP contribution in [0.3, 0.4) is 0 Å². The Morgan fingerprint density at radius 3 is 2.24 bits per heavy atom. The lowest BCUT2D eigenvalue weighted by atomic mass is 9.81. The second-order valence-corrected chi connectivity index (χ2v) is 21.2.